The summed E-state index contributed by atoms with van der Waals surface area (Å²) in [5.74, 6) is -0.0955. The fourth-order valence-electron chi connectivity index (χ4n) is 5.55. The van der Waals surface area contributed by atoms with Crippen molar-refractivity contribution in [3.05, 3.63) is 70.2 Å². The molecule has 8 nitrogen and oxygen atoms in total. The predicted molar refractivity (Wildman–Crippen MR) is 138 cm³/mol. The van der Waals surface area contributed by atoms with E-state index in [4.69, 9.17) is 25.8 Å². The first kappa shape index (κ1) is 26.6. The van der Waals surface area contributed by atoms with Crippen molar-refractivity contribution >= 4 is 17.3 Å². The quantitative estimate of drug-likeness (QED) is 0.427. The number of aliphatic hydroxyl groups is 4. The maximum absolute atomic E-state index is 10.9. The highest BCUT2D eigenvalue weighted by Gasteiger charge is 2.67. The van der Waals surface area contributed by atoms with E-state index in [9.17, 15) is 20.4 Å². The maximum Gasteiger partial charge on any atom is 0.225 e. The molecule has 2 saturated heterocycles. The van der Waals surface area contributed by atoms with Gasteiger partial charge in [0.2, 0.25) is 5.79 Å². The van der Waals surface area contributed by atoms with E-state index < -0.39 is 36.3 Å². The second-order valence-corrected chi connectivity index (χ2v) is 11.0. The zero-order valence-electron chi connectivity index (χ0n) is 21.1. The van der Waals surface area contributed by atoms with E-state index >= 15 is 0 Å². The minimum absolute atomic E-state index is 0.175. The lowest BCUT2D eigenvalue weighted by Gasteiger charge is -2.46. The molecule has 1 unspecified atom stereocenters. The summed E-state index contributed by atoms with van der Waals surface area (Å²) in [6, 6.07) is 5.18. The van der Waals surface area contributed by atoms with Crippen molar-refractivity contribution in [1.29, 1.82) is 0 Å². The van der Waals surface area contributed by atoms with Gasteiger partial charge in [0.25, 0.3) is 0 Å². The average molecular weight is 532 g/mol. The number of fused-ring (bicyclic) bond motifs is 2. The molecule has 2 heterocycles. The minimum Gasteiger partial charge on any atom is -0.456 e. The number of rotatable bonds is 7. The first-order chi connectivity index (χ1) is 17.7. The van der Waals surface area contributed by atoms with Gasteiger partial charge in [-0.2, -0.15) is 0 Å². The number of halogens is 1. The average Bonchev–Trinajstić information content (AvgIpc) is 3.50. The first-order valence-electron chi connectivity index (χ1n) is 12.7. The Morgan fingerprint density at radius 3 is 2.70 bits per heavy atom. The number of allylic oxidation sites excluding steroid dienone is 5. The standard InChI is InChI=1S/C28H34ClNO7/c1-3-30-21-5-4-6-22(21)36-19-9-11-26(2,12-10-19)14-17-13-18(7-8-20(17)29)28-25(34)23(32)24(33)27(15-31,37-28)16-35-28/h6-11,13,23-25,31-34H,3-5,12,14-16H2,1-2H3/t23-,24-,25+,26?,27-,28-/m0/s1. The molecule has 0 spiro atoms. The summed E-state index contributed by atoms with van der Waals surface area (Å²) in [5.41, 5.74) is 0.519. The van der Waals surface area contributed by atoms with Gasteiger partial charge < -0.3 is 34.6 Å². The van der Waals surface area contributed by atoms with Crippen molar-refractivity contribution in [1.82, 2.24) is 0 Å². The Bertz CT molecular complexity index is 1180. The number of ether oxygens (including phenoxy) is 3. The van der Waals surface area contributed by atoms with E-state index in [0.717, 1.165) is 48.6 Å². The van der Waals surface area contributed by atoms with Crippen molar-refractivity contribution in [2.45, 2.75) is 69.2 Å². The third-order valence-corrected chi connectivity index (χ3v) is 8.13. The van der Waals surface area contributed by atoms with Gasteiger partial charge in [-0.3, -0.25) is 4.99 Å². The van der Waals surface area contributed by atoms with Crippen LogP contribution in [0.2, 0.25) is 5.02 Å². The molecule has 4 N–H and O–H groups in total. The van der Waals surface area contributed by atoms with Gasteiger partial charge in [-0.1, -0.05) is 30.7 Å². The van der Waals surface area contributed by atoms with Crippen molar-refractivity contribution in [3.63, 3.8) is 0 Å². The largest absolute Gasteiger partial charge is 0.456 e. The van der Waals surface area contributed by atoms with Crippen molar-refractivity contribution in [2.24, 2.45) is 10.4 Å². The van der Waals surface area contributed by atoms with Crippen LogP contribution in [-0.2, 0) is 26.4 Å². The monoisotopic (exact) mass is 531 g/mol. The highest BCUT2D eigenvalue weighted by atomic mass is 35.5. The lowest BCUT2D eigenvalue weighted by Crippen LogP contribution is -2.65. The molecular weight excluding hydrogens is 498 g/mol. The Hall–Kier alpha value is -2.04. The Labute approximate surface area is 221 Å². The molecule has 5 rings (SSSR count). The molecule has 9 heteroatoms. The van der Waals surface area contributed by atoms with Crippen LogP contribution < -0.4 is 0 Å². The van der Waals surface area contributed by atoms with E-state index in [-0.39, 0.29) is 12.0 Å². The van der Waals surface area contributed by atoms with Crippen molar-refractivity contribution in [2.75, 3.05) is 19.8 Å². The maximum atomic E-state index is 10.9. The van der Waals surface area contributed by atoms with Crippen LogP contribution in [0.1, 0.15) is 44.2 Å². The summed E-state index contributed by atoms with van der Waals surface area (Å²) in [7, 11) is 0. The molecule has 1 aromatic rings. The summed E-state index contributed by atoms with van der Waals surface area (Å²) in [4.78, 5) is 4.53. The number of nitrogens with zero attached hydrogens (tertiary/aromatic N) is 1. The van der Waals surface area contributed by atoms with E-state index in [1.54, 1.807) is 18.2 Å². The number of hydrogen-bond donors (Lipinski definition) is 4. The Morgan fingerprint density at radius 2 is 2.00 bits per heavy atom. The minimum atomic E-state index is -1.72. The van der Waals surface area contributed by atoms with E-state index in [1.165, 1.54) is 0 Å². The van der Waals surface area contributed by atoms with E-state index in [0.29, 0.717) is 17.0 Å². The molecule has 2 aliphatic carbocycles. The molecule has 1 aromatic carbocycles. The summed E-state index contributed by atoms with van der Waals surface area (Å²) in [6.07, 6.45) is 6.81. The number of aliphatic imine (C=N–C) groups is 1. The first-order valence-corrected chi connectivity index (χ1v) is 13.1. The molecule has 4 aliphatic rings. The van der Waals surface area contributed by atoms with Crippen LogP contribution in [0.5, 0.6) is 0 Å². The van der Waals surface area contributed by atoms with Gasteiger partial charge in [-0.25, -0.2) is 0 Å². The predicted octanol–water partition coefficient (Wildman–Crippen LogP) is 2.91. The van der Waals surface area contributed by atoms with Gasteiger partial charge in [0, 0.05) is 17.1 Å². The molecule has 6 atom stereocenters. The zero-order valence-corrected chi connectivity index (χ0v) is 21.8. The fourth-order valence-corrected chi connectivity index (χ4v) is 5.74. The smallest absolute Gasteiger partial charge is 0.225 e. The second-order valence-electron chi connectivity index (χ2n) is 10.6. The molecule has 2 bridgehead atoms. The van der Waals surface area contributed by atoms with Gasteiger partial charge in [0.1, 0.15) is 35.4 Å². The molecule has 200 valence electrons. The summed E-state index contributed by atoms with van der Waals surface area (Å²) in [5, 5.41) is 42.2. The Balaban J connectivity index is 1.35. The highest BCUT2D eigenvalue weighted by molar-refractivity contribution is 6.31. The molecule has 2 aliphatic heterocycles. The Morgan fingerprint density at radius 1 is 1.19 bits per heavy atom. The van der Waals surface area contributed by atoms with Gasteiger partial charge >= 0.3 is 0 Å². The number of benzene rings is 1. The summed E-state index contributed by atoms with van der Waals surface area (Å²) >= 11 is 6.59. The van der Waals surface area contributed by atoms with Gasteiger partial charge in [0.15, 0.2) is 0 Å². The molecule has 37 heavy (non-hydrogen) atoms. The molecule has 0 aromatic heterocycles. The third-order valence-electron chi connectivity index (χ3n) is 7.76. The molecular formula is C28H34ClNO7. The Kier molecular flexibility index (Phi) is 7.13. The fraction of sp³-hybridized carbons (Fsp3) is 0.536. The molecule has 0 saturated carbocycles. The van der Waals surface area contributed by atoms with Crippen LogP contribution in [-0.4, -0.2) is 69.8 Å². The summed E-state index contributed by atoms with van der Waals surface area (Å²) in [6.45, 7) is 4.14. The highest BCUT2D eigenvalue weighted by Crippen LogP contribution is 2.50. The summed E-state index contributed by atoms with van der Waals surface area (Å²) < 4.78 is 18.0. The van der Waals surface area contributed by atoms with Crippen molar-refractivity contribution in [3.8, 4) is 0 Å². The van der Waals surface area contributed by atoms with Crippen LogP contribution in [0.3, 0.4) is 0 Å². The number of hydrogen-bond acceptors (Lipinski definition) is 8. The van der Waals surface area contributed by atoms with Crippen LogP contribution in [0, 0.1) is 5.41 Å². The third kappa shape index (κ3) is 4.59. The van der Waals surface area contributed by atoms with Gasteiger partial charge in [0.05, 0.1) is 18.9 Å². The number of aliphatic hydroxyl groups excluding tert-OH is 4. The van der Waals surface area contributed by atoms with E-state index in [2.05, 4.69) is 30.1 Å². The van der Waals surface area contributed by atoms with Crippen molar-refractivity contribution < 1.29 is 34.6 Å². The SMILES string of the molecule is CCN=C1CCC=C1OC1=CCC(C)(Cc2cc([C@]34OC[C@](CO)(O3)[C@@H](O)[C@H](O)[C@H]4O)ccc2Cl)C=C1. The van der Waals surface area contributed by atoms with Gasteiger partial charge in [-0.15, -0.1) is 0 Å². The molecule has 0 radical (unpaired) electrons. The normalized spacial score (nSPS) is 38.1. The molecule has 2 fully saturated rings. The van der Waals surface area contributed by atoms with Crippen LogP contribution >= 0.6 is 11.6 Å². The lowest BCUT2D eigenvalue weighted by molar-refractivity contribution is -0.329. The zero-order chi connectivity index (χ0) is 26.4. The molecule has 0 amide bonds. The van der Waals surface area contributed by atoms with E-state index in [1.807, 2.05) is 13.0 Å². The van der Waals surface area contributed by atoms with Crippen LogP contribution in [0.25, 0.3) is 0 Å². The lowest BCUT2D eigenvalue weighted by atomic mass is 9.77. The van der Waals surface area contributed by atoms with Gasteiger partial charge in [-0.05, 0) is 73.9 Å². The van der Waals surface area contributed by atoms with Crippen LogP contribution in [0.15, 0.2) is 59.0 Å². The van der Waals surface area contributed by atoms with Crippen LogP contribution in [0.4, 0.5) is 0 Å². The topological polar surface area (TPSA) is 121 Å². The second kappa shape index (κ2) is 9.93.